The van der Waals surface area contributed by atoms with Gasteiger partial charge in [0.25, 0.3) is 5.91 Å². The highest BCUT2D eigenvalue weighted by Gasteiger charge is 2.32. The summed E-state index contributed by atoms with van der Waals surface area (Å²) in [6.45, 7) is 1.68. The van der Waals surface area contributed by atoms with Crippen molar-refractivity contribution in [3.8, 4) is 0 Å². The number of nitrogens with zero attached hydrogens (tertiary/aromatic N) is 2. The van der Waals surface area contributed by atoms with Crippen LogP contribution in [0.2, 0.25) is 0 Å². The predicted molar refractivity (Wildman–Crippen MR) is 87.4 cm³/mol. The molecule has 3 aromatic rings. The zero-order valence-corrected chi connectivity index (χ0v) is 13.0. The molecule has 3 N–H and O–H groups in total. The maximum Gasteiger partial charge on any atom is 0.306 e. The minimum absolute atomic E-state index is 0.203. The molecule has 2 heterocycles. The molecule has 0 unspecified atom stereocenters. The number of amides is 1. The monoisotopic (exact) mass is 324 g/mol. The van der Waals surface area contributed by atoms with E-state index in [1.165, 1.54) is 6.33 Å². The number of nitrogens with one attached hydrogen (secondary N) is 2. The standard InChI is InChI=1S/C17H16N4O3/c1-17(9-13(22)23,11-5-3-2-4-6-11)21-16(24)14-12-7-8-18-15(12)20-10-19-14/h2-8,10H,9H2,1H3,(H,21,24)(H,22,23)(H,18,19,20)/t17-/m1/s1. The lowest BCUT2D eigenvalue weighted by atomic mass is 9.88. The molecule has 7 heteroatoms. The summed E-state index contributed by atoms with van der Waals surface area (Å²) < 4.78 is 0. The van der Waals surface area contributed by atoms with Gasteiger partial charge in [-0.05, 0) is 18.6 Å². The van der Waals surface area contributed by atoms with Gasteiger partial charge in [-0.1, -0.05) is 30.3 Å². The number of carboxylic acid groups (broad SMARTS) is 1. The Kier molecular flexibility index (Phi) is 3.99. The number of hydrogen-bond donors (Lipinski definition) is 3. The Labute approximate surface area is 137 Å². The van der Waals surface area contributed by atoms with E-state index in [0.29, 0.717) is 16.6 Å². The fourth-order valence-electron chi connectivity index (χ4n) is 2.69. The van der Waals surface area contributed by atoms with E-state index in [4.69, 9.17) is 0 Å². The van der Waals surface area contributed by atoms with Crippen LogP contribution in [0, 0.1) is 0 Å². The van der Waals surface area contributed by atoms with Gasteiger partial charge in [0.15, 0.2) is 0 Å². The third-order valence-electron chi connectivity index (χ3n) is 3.87. The number of fused-ring (bicyclic) bond motifs is 1. The van der Waals surface area contributed by atoms with Crippen molar-refractivity contribution in [2.75, 3.05) is 0 Å². The van der Waals surface area contributed by atoms with Crippen LogP contribution >= 0.6 is 0 Å². The van der Waals surface area contributed by atoms with Crippen LogP contribution in [0.15, 0.2) is 48.9 Å². The van der Waals surface area contributed by atoms with Crippen molar-refractivity contribution in [3.05, 3.63) is 60.2 Å². The van der Waals surface area contributed by atoms with Crippen LogP contribution in [-0.2, 0) is 10.3 Å². The summed E-state index contributed by atoms with van der Waals surface area (Å²) in [6, 6.07) is 10.7. The molecule has 0 aliphatic rings. The maximum atomic E-state index is 12.7. The molecule has 0 bridgehead atoms. The number of carboxylic acids is 1. The van der Waals surface area contributed by atoms with Gasteiger partial charge in [-0.3, -0.25) is 9.59 Å². The van der Waals surface area contributed by atoms with Gasteiger partial charge in [0, 0.05) is 6.20 Å². The zero-order valence-electron chi connectivity index (χ0n) is 13.0. The van der Waals surface area contributed by atoms with Crippen molar-refractivity contribution in [1.29, 1.82) is 0 Å². The van der Waals surface area contributed by atoms with E-state index in [1.807, 2.05) is 6.07 Å². The Morgan fingerprint density at radius 3 is 2.67 bits per heavy atom. The minimum atomic E-state index is -1.06. The number of carbonyl (C=O) groups is 2. The first-order valence-electron chi connectivity index (χ1n) is 7.37. The molecule has 1 amide bonds. The first-order chi connectivity index (χ1) is 11.5. The quantitative estimate of drug-likeness (QED) is 0.666. The second-order valence-corrected chi connectivity index (χ2v) is 5.69. The van der Waals surface area contributed by atoms with Gasteiger partial charge >= 0.3 is 5.97 Å². The predicted octanol–water partition coefficient (Wildman–Crippen LogP) is 2.08. The average Bonchev–Trinajstić information content (AvgIpc) is 3.03. The van der Waals surface area contributed by atoms with Crippen molar-refractivity contribution >= 4 is 22.9 Å². The molecule has 7 nitrogen and oxygen atoms in total. The van der Waals surface area contributed by atoms with Crippen molar-refractivity contribution in [2.24, 2.45) is 0 Å². The highest BCUT2D eigenvalue weighted by Crippen LogP contribution is 2.25. The summed E-state index contributed by atoms with van der Waals surface area (Å²) in [7, 11) is 0. The Balaban J connectivity index is 1.97. The van der Waals surface area contributed by atoms with Crippen LogP contribution in [0.3, 0.4) is 0 Å². The number of carbonyl (C=O) groups excluding carboxylic acids is 1. The van der Waals surface area contributed by atoms with Crippen molar-refractivity contribution < 1.29 is 14.7 Å². The molecule has 0 saturated carbocycles. The van der Waals surface area contributed by atoms with Crippen LogP contribution in [-0.4, -0.2) is 31.9 Å². The minimum Gasteiger partial charge on any atom is -0.481 e. The van der Waals surface area contributed by atoms with Crippen molar-refractivity contribution in [2.45, 2.75) is 18.9 Å². The normalized spacial score (nSPS) is 13.4. The molecule has 0 aliphatic carbocycles. The highest BCUT2D eigenvalue weighted by molar-refractivity contribution is 6.04. The molecular formula is C17H16N4O3. The van der Waals surface area contributed by atoms with Crippen molar-refractivity contribution in [3.63, 3.8) is 0 Å². The lowest BCUT2D eigenvalue weighted by Crippen LogP contribution is -2.45. The molecule has 0 saturated heterocycles. The third kappa shape index (κ3) is 2.96. The molecule has 0 spiro atoms. The SMILES string of the molecule is C[C@](CC(=O)O)(NC(=O)c1ncnc2[nH]ccc12)c1ccccc1. The number of aliphatic carboxylic acids is 1. The molecule has 0 fully saturated rings. The molecule has 0 radical (unpaired) electrons. The summed E-state index contributed by atoms with van der Waals surface area (Å²) in [4.78, 5) is 35.0. The lowest BCUT2D eigenvalue weighted by molar-refractivity contribution is -0.138. The van der Waals surface area contributed by atoms with E-state index in [2.05, 4.69) is 20.3 Å². The Bertz CT molecular complexity index is 891. The van der Waals surface area contributed by atoms with E-state index in [1.54, 1.807) is 43.5 Å². The summed E-state index contributed by atoms with van der Waals surface area (Å²) in [5.41, 5.74) is 0.404. The van der Waals surface area contributed by atoms with Gasteiger partial charge in [-0.15, -0.1) is 0 Å². The van der Waals surface area contributed by atoms with Crippen LogP contribution in [0.1, 0.15) is 29.4 Å². The Hall–Kier alpha value is -3.22. The smallest absolute Gasteiger partial charge is 0.306 e. The van der Waals surface area contributed by atoms with Gasteiger partial charge in [0.2, 0.25) is 0 Å². The zero-order chi connectivity index (χ0) is 17.2. The van der Waals surface area contributed by atoms with Crippen LogP contribution in [0.25, 0.3) is 11.0 Å². The lowest BCUT2D eigenvalue weighted by Gasteiger charge is -2.30. The molecule has 24 heavy (non-hydrogen) atoms. The number of benzene rings is 1. The molecule has 1 atom stereocenters. The first-order valence-corrected chi connectivity index (χ1v) is 7.37. The number of aromatic nitrogens is 3. The van der Waals surface area contributed by atoms with Crippen LogP contribution < -0.4 is 5.32 Å². The van der Waals surface area contributed by atoms with E-state index in [0.717, 1.165) is 0 Å². The summed E-state index contributed by atoms with van der Waals surface area (Å²) in [6.07, 6.45) is 2.72. The topological polar surface area (TPSA) is 108 Å². The number of hydrogen-bond acceptors (Lipinski definition) is 4. The van der Waals surface area contributed by atoms with Gasteiger partial charge in [0.05, 0.1) is 17.3 Å². The van der Waals surface area contributed by atoms with E-state index >= 15 is 0 Å². The number of aromatic amines is 1. The molecule has 2 aromatic heterocycles. The van der Waals surface area contributed by atoms with Gasteiger partial charge in [-0.25, -0.2) is 9.97 Å². The fraction of sp³-hybridized carbons (Fsp3) is 0.176. The van der Waals surface area contributed by atoms with Gasteiger partial charge in [-0.2, -0.15) is 0 Å². The fourth-order valence-corrected chi connectivity index (χ4v) is 2.69. The molecule has 122 valence electrons. The summed E-state index contributed by atoms with van der Waals surface area (Å²) >= 11 is 0. The van der Waals surface area contributed by atoms with E-state index in [9.17, 15) is 14.7 Å². The second-order valence-electron chi connectivity index (χ2n) is 5.69. The largest absolute Gasteiger partial charge is 0.481 e. The van der Waals surface area contributed by atoms with Crippen molar-refractivity contribution in [1.82, 2.24) is 20.3 Å². The van der Waals surface area contributed by atoms with E-state index in [-0.39, 0.29) is 12.1 Å². The first kappa shape index (κ1) is 15.7. The Morgan fingerprint density at radius 2 is 1.96 bits per heavy atom. The third-order valence-corrected chi connectivity index (χ3v) is 3.87. The van der Waals surface area contributed by atoms with E-state index < -0.39 is 17.4 Å². The summed E-state index contributed by atoms with van der Waals surface area (Å²) in [5.74, 6) is -1.45. The van der Waals surface area contributed by atoms with Crippen LogP contribution in [0.5, 0.6) is 0 Å². The number of H-pyrrole nitrogens is 1. The molecule has 3 rings (SSSR count). The number of rotatable bonds is 5. The molecular weight excluding hydrogens is 308 g/mol. The highest BCUT2D eigenvalue weighted by atomic mass is 16.4. The molecule has 1 aromatic carbocycles. The maximum absolute atomic E-state index is 12.7. The van der Waals surface area contributed by atoms with Gasteiger partial charge in [0.1, 0.15) is 17.7 Å². The van der Waals surface area contributed by atoms with Crippen LogP contribution in [0.4, 0.5) is 0 Å². The Morgan fingerprint density at radius 1 is 1.21 bits per heavy atom. The van der Waals surface area contributed by atoms with Gasteiger partial charge < -0.3 is 15.4 Å². The second kappa shape index (κ2) is 6.11. The molecule has 0 aliphatic heterocycles. The summed E-state index contributed by atoms with van der Waals surface area (Å²) in [5, 5.41) is 12.7. The average molecular weight is 324 g/mol.